The molecule has 0 atom stereocenters. The van der Waals surface area contributed by atoms with Crippen LogP contribution < -0.4 is 0 Å². The second kappa shape index (κ2) is 3.59. The van der Waals surface area contributed by atoms with Crippen LogP contribution in [0.25, 0.3) is 0 Å². The average molecular weight is 143 g/mol. The first-order valence-corrected chi connectivity index (χ1v) is 3.52. The van der Waals surface area contributed by atoms with Crippen molar-refractivity contribution >= 4 is 5.97 Å². The summed E-state index contributed by atoms with van der Waals surface area (Å²) in [4.78, 5) is 10.8. The second-order valence-electron chi connectivity index (χ2n) is 3.15. The molecule has 0 bridgehead atoms. The molecule has 0 amide bonds. The summed E-state index contributed by atoms with van der Waals surface area (Å²) in [5, 5.41) is 0. The fourth-order valence-electron chi connectivity index (χ4n) is 0.510. The highest BCUT2D eigenvalue weighted by Crippen LogP contribution is 2.08. The third-order valence-corrected chi connectivity index (χ3v) is 0.778. The van der Waals surface area contributed by atoms with E-state index in [9.17, 15) is 4.79 Å². The Kier molecular flexibility index (Phi) is 3.40. The molecule has 59 valence electrons. The van der Waals surface area contributed by atoms with Crippen LogP contribution in [0.15, 0.2) is 0 Å². The van der Waals surface area contributed by atoms with Crippen molar-refractivity contribution in [3.05, 3.63) is 6.42 Å². The maximum atomic E-state index is 10.8. The van der Waals surface area contributed by atoms with Crippen molar-refractivity contribution in [3.8, 4) is 0 Å². The van der Waals surface area contributed by atoms with Crippen LogP contribution in [-0.2, 0) is 9.53 Å². The maximum Gasteiger partial charge on any atom is 0.310 e. The van der Waals surface area contributed by atoms with Gasteiger partial charge in [0.25, 0.3) is 0 Å². The van der Waals surface area contributed by atoms with Crippen LogP contribution in [0.1, 0.15) is 34.1 Å². The summed E-state index contributed by atoms with van der Waals surface area (Å²) in [6, 6.07) is 0. The molecule has 0 aliphatic heterocycles. The van der Waals surface area contributed by atoms with Gasteiger partial charge in [-0.1, -0.05) is 6.92 Å². The highest BCUT2D eigenvalue weighted by Gasteiger charge is 2.14. The smallest absolute Gasteiger partial charge is 0.310 e. The van der Waals surface area contributed by atoms with Gasteiger partial charge in [0.15, 0.2) is 0 Å². The van der Waals surface area contributed by atoms with Gasteiger partial charge in [0, 0.05) is 0 Å². The SMILES string of the molecule is CC[CH]C(=O)OC(C)(C)C. The Labute approximate surface area is 62.6 Å². The normalized spacial score (nSPS) is 11.2. The molecule has 1 radical (unpaired) electrons. The number of rotatable bonds is 2. The van der Waals surface area contributed by atoms with Crippen molar-refractivity contribution in [2.75, 3.05) is 0 Å². The quantitative estimate of drug-likeness (QED) is 0.552. The molecule has 0 aromatic rings. The summed E-state index contributed by atoms with van der Waals surface area (Å²) < 4.78 is 4.98. The van der Waals surface area contributed by atoms with E-state index in [2.05, 4.69) is 0 Å². The molecular formula is C8H15O2. The lowest BCUT2D eigenvalue weighted by Gasteiger charge is -2.18. The van der Waals surface area contributed by atoms with Crippen molar-refractivity contribution in [3.63, 3.8) is 0 Å². The predicted molar refractivity (Wildman–Crippen MR) is 40.4 cm³/mol. The van der Waals surface area contributed by atoms with Crippen LogP contribution in [0.4, 0.5) is 0 Å². The first-order chi connectivity index (χ1) is 4.45. The summed E-state index contributed by atoms with van der Waals surface area (Å²) in [6.07, 6.45) is 2.26. The minimum Gasteiger partial charge on any atom is -0.460 e. The lowest BCUT2D eigenvalue weighted by atomic mass is 10.2. The van der Waals surface area contributed by atoms with E-state index in [1.165, 1.54) is 6.42 Å². The molecule has 2 nitrogen and oxygen atoms in total. The molecular weight excluding hydrogens is 128 g/mol. The minimum absolute atomic E-state index is 0.227. The fraction of sp³-hybridized carbons (Fsp3) is 0.750. The van der Waals surface area contributed by atoms with Gasteiger partial charge in [0.05, 0.1) is 6.42 Å². The monoisotopic (exact) mass is 143 g/mol. The zero-order valence-corrected chi connectivity index (χ0v) is 7.10. The Morgan fingerprint density at radius 1 is 1.50 bits per heavy atom. The summed E-state index contributed by atoms with van der Waals surface area (Å²) in [5.41, 5.74) is -0.358. The maximum absolute atomic E-state index is 10.8. The molecule has 0 aromatic carbocycles. The highest BCUT2D eigenvalue weighted by molar-refractivity contribution is 5.78. The first-order valence-electron chi connectivity index (χ1n) is 3.52. The molecule has 0 heterocycles. The fourth-order valence-corrected chi connectivity index (χ4v) is 0.510. The third-order valence-electron chi connectivity index (χ3n) is 0.778. The number of ether oxygens (including phenoxy) is 1. The number of carbonyl (C=O) groups excluding carboxylic acids is 1. The van der Waals surface area contributed by atoms with Crippen molar-refractivity contribution in [1.82, 2.24) is 0 Å². The number of esters is 1. The molecule has 0 saturated carbocycles. The Hall–Kier alpha value is -0.530. The molecule has 0 saturated heterocycles. The molecule has 0 aliphatic carbocycles. The molecule has 0 aromatic heterocycles. The van der Waals surface area contributed by atoms with Gasteiger partial charge in [-0.3, -0.25) is 4.79 Å². The van der Waals surface area contributed by atoms with Crippen LogP contribution in [0.3, 0.4) is 0 Å². The van der Waals surface area contributed by atoms with Gasteiger partial charge >= 0.3 is 5.97 Å². The van der Waals surface area contributed by atoms with E-state index in [4.69, 9.17) is 4.74 Å². The predicted octanol–water partition coefficient (Wildman–Crippen LogP) is 1.94. The molecule has 0 N–H and O–H groups in total. The van der Waals surface area contributed by atoms with Gasteiger partial charge in [0.2, 0.25) is 0 Å². The van der Waals surface area contributed by atoms with Crippen LogP contribution in [0.2, 0.25) is 0 Å². The van der Waals surface area contributed by atoms with Crippen molar-refractivity contribution < 1.29 is 9.53 Å². The summed E-state index contributed by atoms with van der Waals surface area (Å²) in [6.45, 7) is 7.47. The van der Waals surface area contributed by atoms with Gasteiger partial charge < -0.3 is 4.74 Å². The third kappa shape index (κ3) is 5.60. The highest BCUT2D eigenvalue weighted by atomic mass is 16.6. The number of hydrogen-bond acceptors (Lipinski definition) is 2. The Morgan fingerprint density at radius 3 is 2.30 bits per heavy atom. The van der Waals surface area contributed by atoms with Gasteiger partial charge in [-0.2, -0.15) is 0 Å². The van der Waals surface area contributed by atoms with Gasteiger partial charge in [0.1, 0.15) is 5.60 Å². The van der Waals surface area contributed by atoms with E-state index in [1.54, 1.807) is 0 Å². The van der Waals surface area contributed by atoms with E-state index in [0.717, 1.165) is 6.42 Å². The minimum atomic E-state index is -0.358. The topological polar surface area (TPSA) is 26.3 Å². The van der Waals surface area contributed by atoms with Gasteiger partial charge in [-0.25, -0.2) is 0 Å². The lowest BCUT2D eigenvalue weighted by molar-refractivity contribution is -0.150. The molecule has 0 unspecified atom stereocenters. The number of hydrogen-bond donors (Lipinski definition) is 0. The van der Waals surface area contributed by atoms with Crippen LogP contribution in [0.5, 0.6) is 0 Å². The van der Waals surface area contributed by atoms with Gasteiger partial charge in [-0.15, -0.1) is 0 Å². The van der Waals surface area contributed by atoms with E-state index in [1.807, 2.05) is 27.7 Å². The Balaban J connectivity index is 3.58. The molecule has 0 rings (SSSR count). The van der Waals surface area contributed by atoms with Crippen LogP contribution >= 0.6 is 0 Å². The van der Waals surface area contributed by atoms with E-state index < -0.39 is 0 Å². The molecule has 0 aliphatic rings. The van der Waals surface area contributed by atoms with Gasteiger partial charge in [-0.05, 0) is 27.2 Å². The summed E-state index contributed by atoms with van der Waals surface area (Å²) in [7, 11) is 0. The molecule has 0 fully saturated rings. The molecule has 10 heavy (non-hydrogen) atoms. The van der Waals surface area contributed by atoms with E-state index in [0.29, 0.717) is 0 Å². The standard InChI is InChI=1S/C8H15O2/c1-5-6-7(9)10-8(2,3)4/h6H,5H2,1-4H3. The van der Waals surface area contributed by atoms with Crippen LogP contribution in [0, 0.1) is 6.42 Å². The van der Waals surface area contributed by atoms with Crippen molar-refractivity contribution in [2.45, 2.75) is 39.7 Å². The van der Waals surface area contributed by atoms with E-state index >= 15 is 0 Å². The van der Waals surface area contributed by atoms with Crippen LogP contribution in [-0.4, -0.2) is 11.6 Å². The zero-order chi connectivity index (χ0) is 8.20. The molecule has 2 heteroatoms. The Bertz CT molecular complexity index is 111. The lowest BCUT2D eigenvalue weighted by Crippen LogP contribution is -2.23. The second-order valence-corrected chi connectivity index (χ2v) is 3.15. The summed E-state index contributed by atoms with van der Waals surface area (Å²) >= 11 is 0. The summed E-state index contributed by atoms with van der Waals surface area (Å²) in [5.74, 6) is -0.227. The van der Waals surface area contributed by atoms with Crippen molar-refractivity contribution in [2.24, 2.45) is 0 Å². The number of carbonyl (C=O) groups is 1. The Morgan fingerprint density at radius 2 is 2.00 bits per heavy atom. The first kappa shape index (κ1) is 9.47. The largest absolute Gasteiger partial charge is 0.460 e. The van der Waals surface area contributed by atoms with E-state index in [-0.39, 0.29) is 11.6 Å². The molecule has 0 spiro atoms. The van der Waals surface area contributed by atoms with Crippen molar-refractivity contribution in [1.29, 1.82) is 0 Å². The zero-order valence-electron chi connectivity index (χ0n) is 7.10. The average Bonchev–Trinajstić information content (AvgIpc) is 1.59.